The van der Waals surface area contributed by atoms with Gasteiger partial charge in [-0.25, -0.2) is 22.9 Å². The van der Waals surface area contributed by atoms with Crippen LogP contribution in [-0.4, -0.2) is 62.6 Å². The van der Waals surface area contributed by atoms with Crippen LogP contribution >= 0.6 is 11.5 Å². The molecule has 2 aromatic carbocycles. The summed E-state index contributed by atoms with van der Waals surface area (Å²) in [6, 6.07) is 8.88. The van der Waals surface area contributed by atoms with E-state index in [1.165, 1.54) is 36.1 Å². The Labute approximate surface area is 210 Å². The molecule has 0 saturated carbocycles. The molecule has 0 unspecified atom stereocenters. The Kier molecular flexibility index (Phi) is 6.71. The van der Waals surface area contributed by atoms with E-state index in [0.717, 1.165) is 5.56 Å². The summed E-state index contributed by atoms with van der Waals surface area (Å²) >= 11 is 1.21. The molecular formula is C25H26F3N5O2S. The number of urea groups is 1. The van der Waals surface area contributed by atoms with Crippen molar-refractivity contribution in [3.05, 3.63) is 75.8 Å². The Hall–Kier alpha value is -3.02. The van der Waals surface area contributed by atoms with E-state index < -0.39 is 24.0 Å². The highest BCUT2D eigenvalue weighted by Crippen LogP contribution is 2.42. The smallest absolute Gasteiger partial charge is 0.321 e. The summed E-state index contributed by atoms with van der Waals surface area (Å²) in [5.41, 5.74) is 1.35. The summed E-state index contributed by atoms with van der Waals surface area (Å²) in [7, 11) is 0. The van der Waals surface area contributed by atoms with Gasteiger partial charge in [-0.3, -0.25) is 4.90 Å². The number of hydrogen-bond donors (Lipinski definition) is 2. The van der Waals surface area contributed by atoms with Crippen LogP contribution in [0.25, 0.3) is 0 Å². The van der Waals surface area contributed by atoms with E-state index in [4.69, 9.17) is 0 Å². The third kappa shape index (κ3) is 4.70. The number of aryl methyl sites for hydroxylation is 1. The van der Waals surface area contributed by atoms with Crippen molar-refractivity contribution < 1.29 is 23.1 Å². The molecule has 11 heteroatoms. The highest BCUT2D eigenvalue weighted by Gasteiger charge is 2.45. The van der Waals surface area contributed by atoms with E-state index in [1.54, 1.807) is 24.0 Å². The maximum absolute atomic E-state index is 14.5. The summed E-state index contributed by atoms with van der Waals surface area (Å²) < 4.78 is 45.4. The van der Waals surface area contributed by atoms with Crippen LogP contribution in [0.4, 0.5) is 23.7 Å². The lowest BCUT2D eigenvalue weighted by atomic mass is 9.80. The second kappa shape index (κ2) is 9.79. The van der Waals surface area contributed by atoms with Crippen LogP contribution in [0.3, 0.4) is 0 Å². The van der Waals surface area contributed by atoms with Crippen molar-refractivity contribution in [1.82, 2.24) is 19.2 Å². The number of aromatic nitrogens is 2. The molecule has 36 heavy (non-hydrogen) atoms. The summed E-state index contributed by atoms with van der Waals surface area (Å²) in [4.78, 5) is 21.3. The van der Waals surface area contributed by atoms with Crippen molar-refractivity contribution in [1.29, 1.82) is 0 Å². The third-order valence-electron chi connectivity index (χ3n) is 7.01. The lowest BCUT2D eigenvalue weighted by Crippen LogP contribution is -2.49. The van der Waals surface area contributed by atoms with Gasteiger partial charge in [-0.2, -0.15) is 4.37 Å². The van der Waals surface area contributed by atoms with Gasteiger partial charge in [0.05, 0.1) is 11.5 Å². The van der Waals surface area contributed by atoms with Gasteiger partial charge in [-0.15, -0.1) is 0 Å². The van der Waals surface area contributed by atoms with E-state index in [9.17, 15) is 23.1 Å². The van der Waals surface area contributed by atoms with Gasteiger partial charge in [0.15, 0.2) is 0 Å². The molecule has 5 rings (SSSR count). The fourth-order valence-corrected chi connectivity index (χ4v) is 5.63. The lowest BCUT2D eigenvalue weighted by Gasteiger charge is -2.36. The van der Waals surface area contributed by atoms with Gasteiger partial charge in [-0.1, -0.05) is 24.3 Å². The number of anilines is 1. The third-order valence-corrected chi connectivity index (χ3v) is 7.88. The van der Waals surface area contributed by atoms with Crippen LogP contribution in [0.2, 0.25) is 0 Å². The van der Waals surface area contributed by atoms with Crippen molar-refractivity contribution in [2.45, 2.75) is 37.8 Å². The molecule has 2 aliphatic rings. The van der Waals surface area contributed by atoms with E-state index in [-0.39, 0.29) is 17.9 Å². The summed E-state index contributed by atoms with van der Waals surface area (Å²) in [5.74, 6) is -0.330. The number of benzene rings is 2. The highest BCUT2D eigenvalue weighted by atomic mass is 32.1. The number of alkyl halides is 2. The van der Waals surface area contributed by atoms with Gasteiger partial charge < -0.3 is 15.3 Å². The van der Waals surface area contributed by atoms with Gasteiger partial charge in [0.25, 0.3) is 6.43 Å². The maximum Gasteiger partial charge on any atom is 0.321 e. The number of β-amino-alcohol motifs (C(OH)–C–C–N with tert-alkyl or cyclic N) is 1. The molecule has 0 bridgehead atoms. The van der Waals surface area contributed by atoms with E-state index >= 15 is 0 Å². The van der Waals surface area contributed by atoms with Gasteiger partial charge >= 0.3 is 6.03 Å². The number of amides is 2. The number of carbonyl (C=O) groups excluding carboxylic acids is 1. The van der Waals surface area contributed by atoms with Crippen LogP contribution in [0.15, 0.2) is 42.7 Å². The molecule has 3 aromatic rings. The average molecular weight is 518 g/mol. The predicted octanol–water partition coefficient (Wildman–Crippen LogP) is 4.32. The Morgan fingerprint density at radius 1 is 1.28 bits per heavy atom. The Morgan fingerprint density at radius 2 is 2.08 bits per heavy atom. The second-order valence-electron chi connectivity index (χ2n) is 9.46. The van der Waals surface area contributed by atoms with Gasteiger partial charge in [0.1, 0.15) is 17.2 Å². The Balaban J connectivity index is 1.40. The van der Waals surface area contributed by atoms with Crippen molar-refractivity contribution in [3.63, 3.8) is 0 Å². The zero-order valence-corrected chi connectivity index (χ0v) is 20.4. The summed E-state index contributed by atoms with van der Waals surface area (Å²) in [6.45, 7) is 3.73. The normalized spacial score (nSPS) is 20.7. The monoisotopic (exact) mass is 517 g/mol. The zero-order valence-electron chi connectivity index (χ0n) is 19.6. The molecule has 3 heterocycles. The number of halogens is 3. The average Bonchev–Trinajstić information content (AvgIpc) is 3.52. The van der Waals surface area contributed by atoms with Crippen LogP contribution in [0.5, 0.6) is 0 Å². The second-order valence-corrected chi connectivity index (χ2v) is 10.2. The van der Waals surface area contributed by atoms with E-state index in [0.29, 0.717) is 54.4 Å². The van der Waals surface area contributed by atoms with Crippen molar-refractivity contribution in [2.24, 2.45) is 0 Å². The number of hydrogen-bond acceptors (Lipinski definition) is 6. The Bertz CT molecular complexity index is 1250. The summed E-state index contributed by atoms with van der Waals surface area (Å²) in [5, 5.41) is 13.1. The van der Waals surface area contributed by atoms with Crippen molar-refractivity contribution in [2.75, 3.05) is 31.5 Å². The molecule has 0 spiro atoms. The van der Waals surface area contributed by atoms with Crippen molar-refractivity contribution >= 4 is 23.3 Å². The number of aliphatic hydroxyl groups is 1. The molecule has 7 nitrogen and oxygen atoms in total. The number of aliphatic hydroxyl groups excluding tert-OH is 1. The zero-order chi connectivity index (χ0) is 25.4. The van der Waals surface area contributed by atoms with Gasteiger partial charge in [0, 0.05) is 44.0 Å². The molecule has 2 N–H and O–H groups in total. The molecule has 2 aliphatic heterocycles. The SMILES string of the molecule is Cc1ccc([C@@]2(c3ncns3)CCN(C(=O)Nc3cc(C(F)F)ccc3CN3CC(O)C3)C2)cc1F. The molecule has 1 aromatic heterocycles. The largest absolute Gasteiger partial charge is 0.390 e. The predicted molar refractivity (Wildman–Crippen MR) is 130 cm³/mol. The maximum atomic E-state index is 14.5. The summed E-state index contributed by atoms with van der Waals surface area (Å²) in [6.07, 6.45) is -1.10. The molecular weight excluding hydrogens is 491 g/mol. The Morgan fingerprint density at radius 3 is 2.75 bits per heavy atom. The van der Waals surface area contributed by atoms with E-state index in [1.807, 2.05) is 11.0 Å². The van der Waals surface area contributed by atoms with E-state index in [2.05, 4.69) is 14.7 Å². The number of nitrogens with zero attached hydrogens (tertiary/aromatic N) is 4. The molecule has 0 radical (unpaired) electrons. The molecule has 190 valence electrons. The topological polar surface area (TPSA) is 81.6 Å². The minimum absolute atomic E-state index is 0.183. The fourth-order valence-electron chi connectivity index (χ4n) is 4.88. The highest BCUT2D eigenvalue weighted by molar-refractivity contribution is 7.05. The molecule has 2 saturated heterocycles. The number of carbonyl (C=O) groups is 1. The fraction of sp³-hybridized carbons (Fsp3) is 0.400. The van der Waals surface area contributed by atoms with Crippen LogP contribution in [0.1, 0.15) is 40.1 Å². The first kappa shape index (κ1) is 24.7. The first-order valence-electron chi connectivity index (χ1n) is 11.7. The molecule has 2 amide bonds. The van der Waals surface area contributed by atoms with Crippen LogP contribution < -0.4 is 5.32 Å². The quantitative estimate of drug-likeness (QED) is 0.509. The van der Waals surface area contributed by atoms with Gasteiger partial charge in [-0.05, 0) is 53.7 Å². The first-order valence-corrected chi connectivity index (χ1v) is 12.4. The molecule has 2 fully saturated rings. The molecule has 0 aliphatic carbocycles. The number of nitrogens with one attached hydrogen (secondary N) is 1. The molecule has 1 atom stereocenters. The minimum atomic E-state index is -2.67. The first-order chi connectivity index (χ1) is 17.2. The lowest BCUT2D eigenvalue weighted by molar-refractivity contribution is -0.00277. The van der Waals surface area contributed by atoms with Crippen LogP contribution in [-0.2, 0) is 12.0 Å². The van der Waals surface area contributed by atoms with Crippen LogP contribution in [0, 0.1) is 12.7 Å². The number of rotatable bonds is 6. The standard InChI is InChI=1S/C25H26F3N5O2S/c1-15-2-5-18(9-20(15)26)25(23-29-14-30-36-23)6-7-33(13-25)24(35)31-21-8-16(22(27)28)3-4-17(21)10-32-11-19(34)12-32/h2-5,8-9,14,19,22,34H,6-7,10-13H2,1H3,(H,31,35)/t25-/m1/s1. The van der Waals surface area contributed by atoms with Crippen molar-refractivity contribution in [3.8, 4) is 0 Å². The minimum Gasteiger partial charge on any atom is -0.390 e. The number of likely N-dealkylation sites (tertiary alicyclic amines) is 2. The van der Waals surface area contributed by atoms with Gasteiger partial charge in [0.2, 0.25) is 0 Å².